The summed E-state index contributed by atoms with van der Waals surface area (Å²) >= 11 is 0. The third kappa shape index (κ3) is 3.16. The minimum atomic E-state index is 0.333. The first-order chi connectivity index (χ1) is 7.52. The summed E-state index contributed by atoms with van der Waals surface area (Å²) in [5, 5.41) is 0. The SMILES string of the molecule is CCC(C)(C)Cc1ccc(OC)c(OC)c1. The number of methoxy groups -OCH3 is 2. The third-order valence-corrected chi connectivity index (χ3v) is 3.09. The lowest BCUT2D eigenvalue weighted by Gasteiger charge is -2.23. The largest absolute Gasteiger partial charge is 0.493 e. The maximum Gasteiger partial charge on any atom is 0.160 e. The molecule has 0 saturated carbocycles. The second-order valence-electron chi connectivity index (χ2n) is 4.88. The average Bonchev–Trinajstić information content (AvgIpc) is 2.28. The van der Waals surface area contributed by atoms with E-state index in [1.54, 1.807) is 14.2 Å². The molecule has 0 radical (unpaired) electrons. The van der Waals surface area contributed by atoms with Gasteiger partial charge in [0.2, 0.25) is 0 Å². The molecule has 0 heterocycles. The normalized spacial score (nSPS) is 11.3. The van der Waals surface area contributed by atoms with Gasteiger partial charge in [-0.25, -0.2) is 0 Å². The van der Waals surface area contributed by atoms with Gasteiger partial charge >= 0.3 is 0 Å². The molecule has 16 heavy (non-hydrogen) atoms. The van der Waals surface area contributed by atoms with Crippen molar-refractivity contribution in [3.8, 4) is 11.5 Å². The number of hydrogen-bond donors (Lipinski definition) is 0. The molecule has 0 aromatic heterocycles. The zero-order chi connectivity index (χ0) is 12.2. The van der Waals surface area contributed by atoms with Gasteiger partial charge in [0.15, 0.2) is 11.5 Å². The van der Waals surface area contributed by atoms with Crippen molar-refractivity contribution in [2.45, 2.75) is 33.6 Å². The van der Waals surface area contributed by atoms with Crippen LogP contribution in [0.5, 0.6) is 11.5 Å². The fraction of sp³-hybridized carbons (Fsp3) is 0.571. The zero-order valence-corrected chi connectivity index (χ0v) is 11.0. The summed E-state index contributed by atoms with van der Waals surface area (Å²) < 4.78 is 10.5. The second kappa shape index (κ2) is 5.24. The zero-order valence-electron chi connectivity index (χ0n) is 11.0. The Labute approximate surface area is 98.6 Å². The van der Waals surface area contributed by atoms with Crippen molar-refractivity contribution in [2.75, 3.05) is 14.2 Å². The Morgan fingerprint density at radius 2 is 1.69 bits per heavy atom. The molecule has 0 spiro atoms. The van der Waals surface area contributed by atoms with Gasteiger partial charge in [0, 0.05) is 0 Å². The first-order valence-corrected chi connectivity index (χ1v) is 5.73. The molecule has 0 N–H and O–H groups in total. The first kappa shape index (κ1) is 12.9. The topological polar surface area (TPSA) is 18.5 Å². The molecule has 0 aliphatic rings. The van der Waals surface area contributed by atoms with E-state index < -0.39 is 0 Å². The van der Waals surface area contributed by atoms with Gasteiger partial charge in [-0.15, -0.1) is 0 Å². The van der Waals surface area contributed by atoms with Crippen molar-refractivity contribution >= 4 is 0 Å². The minimum absolute atomic E-state index is 0.333. The molecule has 2 heteroatoms. The van der Waals surface area contributed by atoms with E-state index in [9.17, 15) is 0 Å². The van der Waals surface area contributed by atoms with Crippen LogP contribution >= 0.6 is 0 Å². The van der Waals surface area contributed by atoms with Crippen LogP contribution < -0.4 is 9.47 Å². The van der Waals surface area contributed by atoms with E-state index >= 15 is 0 Å². The molecule has 1 aromatic rings. The Morgan fingerprint density at radius 3 is 2.19 bits per heavy atom. The highest BCUT2D eigenvalue weighted by molar-refractivity contribution is 5.43. The fourth-order valence-electron chi connectivity index (χ4n) is 1.67. The maximum atomic E-state index is 5.30. The van der Waals surface area contributed by atoms with Gasteiger partial charge in [-0.1, -0.05) is 33.3 Å². The van der Waals surface area contributed by atoms with E-state index in [0.29, 0.717) is 5.41 Å². The standard InChI is InChI=1S/C14H22O2/c1-6-14(2,3)10-11-7-8-12(15-4)13(9-11)16-5/h7-9H,6,10H2,1-5H3. The molecule has 0 aliphatic heterocycles. The molecule has 0 saturated heterocycles. The minimum Gasteiger partial charge on any atom is -0.493 e. The first-order valence-electron chi connectivity index (χ1n) is 5.73. The third-order valence-electron chi connectivity index (χ3n) is 3.09. The quantitative estimate of drug-likeness (QED) is 0.756. The molecular weight excluding hydrogens is 200 g/mol. The van der Waals surface area contributed by atoms with E-state index in [2.05, 4.69) is 32.9 Å². The second-order valence-corrected chi connectivity index (χ2v) is 4.88. The predicted molar refractivity (Wildman–Crippen MR) is 67.3 cm³/mol. The van der Waals surface area contributed by atoms with Crippen molar-refractivity contribution in [3.05, 3.63) is 23.8 Å². The van der Waals surface area contributed by atoms with Crippen LogP contribution in [0.3, 0.4) is 0 Å². The number of hydrogen-bond acceptors (Lipinski definition) is 2. The Kier molecular flexibility index (Phi) is 4.22. The van der Waals surface area contributed by atoms with Crippen LogP contribution in [0.2, 0.25) is 0 Å². The van der Waals surface area contributed by atoms with Crippen LogP contribution in [0.25, 0.3) is 0 Å². The van der Waals surface area contributed by atoms with Crippen LogP contribution in [-0.4, -0.2) is 14.2 Å². The summed E-state index contributed by atoms with van der Waals surface area (Å²) in [5.41, 5.74) is 1.63. The average molecular weight is 222 g/mol. The number of ether oxygens (including phenoxy) is 2. The molecule has 0 unspecified atom stereocenters. The summed E-state index contributed by atoms with van der Waals surface area (Å²) in [4.78, 5) is 0. The fourth-order valence-corrected chi connectivity index (χ4v) is 1.67. The summed E-state index contributed by atoms with van der Waals surface area (Å²) in [6, 6.07) is 6.15. The Hall–Kier alpha value is -1.18. The van der Waals surface area contributed by atoms with E-state index in [-0.39, 0.29) is 0 Å². The molecule has 0 amide bonds. The number of rotatable bonds is 5. The molecule has 0 fully saturated rings. The predicted octanol–water partition coefficient (Wildman–Crippen LogP) is 3.68. The van der Waals surface area contributed by atoms with E-state index in [1.165, 1.54) is 12.0 Å². The lowest BCUT2D eigenvalue weighted by Crippen LogP contribution is -2.13. The molecule has 0 atom stereocenters. The van der Waals surface area contributed by atoms with Gasteiger partial charge in [0.05, 0.1) is 14.2 Å². The molecule has 90 valence electrons. The van der Waals surface area contributed by atoms with Gasteiger partial charge < -0.3 is 9.47 Å². The van der Waals surface area contributed by atoms with Crippen LogP contribution in [0.4, 0.5) is 0 Å². The van der Waals surface area contributed by atoms with E-state index in [0.717, 1.165) is 17.9 Å². The van der Waals surface area contributed by atoms with Gasteiger partial charge in [0.1, 0.15) is 0 Å². The highest BCUT2D eigenvalue weighted by Crippen LogP contribution is 2.31. The Bertz CT molecular complexity index is 343. The molecule has 2 nitrogen and oxygen atoms in total. The van der Waals surface area contributed by atoms with Crippen molar-refractivity contribution < 1.29 is 9.47 Å². The molecule has 1 aromatic carbocycles. The Balaban J connectivity index is 2.91. The van der Waals surface area contributed by atoms with Crippen LogP contribution in [-0.2, 0) is 6.42 Å². The monoisotopic (exact) mass is 222 g/mol. The molecule has 0 aliphatic carbocycles. The lowest BCUT2D eigenvalue weighted by atomic mass is 9.83. The van der Waals surface area contributed by atoms with Crippen LogP contribution in [0.15, 0.2) is 18.2 Å². The molecule has 1 rings (SSSR count). The summed E-state index contributed by atoms with van der Waals surface area (Å²) in [6.45, 7) is 6.79. The van der Waals surface area contributed by atoms with Crippen LogP contribution in [0.1, 0.15) is 32.8 Å². The van der Waals surface area contributed by atoms with Crippen molar-refractivity contribution in [1.82, 2.24) is 0 Å². The number of benzene rings is 1. The lowest BCUT2D eigenvalue weighted by molar-refractivity contribution is 0.342. The summed E-state index contributed by atoms with van der Waals surface area (Å²) in [5.74, 6) is 1.60. The van der Waals surface area contributed by atoms with Gasteiger partial charge in [0.25, 0.3) is 0 Å². The highest BCUT2D eigenvalue weighted by atomic mass is 16.5. The van der Waals surface area contributed by atoms with Crippen molar-refractivity contribution in [1.29, 1.82) is 0 Å². The van der Waals surface area contributed by atoms with Crippen LogP contribution in [0, 0.1) is 5.41 Å². The molecule has 0 bridgehead atoms. The Morgan fingerprint density at radius 1 is 1.06 bits per heavy atom. The van der Waals surface area contributed by atoms with Crippen molar-refractivity contribution in [3.63, 3.8) is 0 Å². The summed E-state index contributed by atoms with van der Waals surface area (Å²) in [6.07, 6.45) is 2.23. The van der Waals surface area contributed by atoms with Gasteiger partial charge in [-0.05, 0) is 29.5 Å². The van der Waals surface area contributed by atoms with Gasteiger partial charge in [-0.2, -0.15) is 0 Å². The van der Waals surface area contributed by atoms with Crippen molar-refractivity contribution in [2.24, 2.45) is 5.41 Å². The smallest absolute Gasteiger partial charge is 0.160 e. The maximum absolute atomic E-state index is 5.30. The van der Waals surface area contributed by atoms with E-state index in [4.69, 9.17) is 9.47 Å². The molecular formula is C14H22O2. The highest BCUT2D eigenvalue weighted by Gasteiger charge is 2.16. The summed E-state index contributed by atoms with van der Waals surface area (Å²) in [7, 11) is 3.33. The van der Waals surface area contributed by atoms with Gasteiger partial charge in [-0.3, -0.25) is 0 Å². The van der Waals surface area contributed by atoms with E-state index in [1.807, 2.05) is 6.07 Å².